The summed E-state index contributed by atoms with van der Waals surface area (Å²) in [5, 5.41) is 0. The smallest absolute Gasteiger partial charge is 0.341 e. The van der Waals surface area contributed by atoms with Crippen molar-refractivity contribution in [3.05, 3.63) is 23.8 Å². The standard InChI is InChI=1S/C22H33N3O6S/c1-16-7-9-25(10-8-16)21(26)17(2)31-22(27)19-15-18(32(28,29)23(3)4)5-6-20(19)24-11-13-30-14-12-24/h5-6,15-17H,7-14H2,1-4H3. The summed E-state index contributed by atoms with van der Waals surface area (Å²) in [6.07, 6.45) is 0.901. The molecular weight excluding hydrogens is 434 g/mol. The van der Waals surface area contributed by atoms with Crippen molar-refractivity contribution in [3.8, 4) is 0 Å². The highest BCUT2D eigenvalue weighted by Gasteiger charge is 2.30. The second-order valence-electron chi connectivity index (χ2n) is 8.62. The summed E-state index contributed by atoms with van der Waals surface area (Å²) in [7, 11) is -0.872. The number of piperidine rings is 1. The van der Waals surface area contributed by atoms with Crippen molar-refractivity contribution >= 4 is 27.6 Å². The molecule has 2 aliphatic rings. The Morgan fingerprint density at radius 1 is 1.12 bits per heavy atom. The summed E-state index contributed by atoms with van der Waals surface area (Å²) in [5.74, 6) is -0.363. The van der Waals surface area contributed by atoms with E-state index in [1.54, 1.807) is 17.9 Å². The lowest BCUT2D eigenvalue weighted by molar-refractivity contribution is -0.141. The number of sulfonamides is 1. The van der Waals surface area contributed by atoms with E-state index in [0.717, 1.165) is 17.1 Å². The predicted octanol–water partition coefficient (Wildman–Crippen LogP) is 1.58. The van der Waals surface area contributed by atoms with Crippen molar-refractivity contribution in [1.82, 2.24) is 9.21 Å². The average Bonchev–Trinajstić information content (AvgIpc) is 2.79. The zero-order chi connectivity index (χ0) is 23.5. The average molecular weight is 468 g/mol. The van der Waals surface area contributed by atoms with Crippen LogP contribution in [0.2, 0.25) is 0 Å². The molecule has 2 heterocycles. The second kappa shape index (κ2) is 10.2. The SMILES string of the molecule is CC1CCN(C(=O)C(C)OC(=O)c2cc(S(=O)(=O)N(C)C)ccc2N2CCOCC2)CC1. The van der Waals surface area contributed by atoms with Gasteiger partial charge in [-0.15, -0.1) is 0 Å². The lowest BCUT2D eigenvalue weighted by Gasteiger charge is -2.32. The monoisotopic (exact) mass is 467 g/mol. The first kappa shape index (κ1) is 24.5. The molecule has 0 aliphatic carbocycles. The summed E-state index contributed by atoms with van der Waals surface area (Å²) in [5.41, 5.74) is 0.698. The Morgan fingerprint density at radius 2 is 1.75 bits per heavy atom. The molecular formula is C22H33N3O6S. The lowest BCUT2D eigenvalue weighted by Crippen LogP contribution is -2.44. The molecule has 3 rings (SSSR count). The molecule has 1 amide bonds. The maximum Gasteiger partial charge on any atom is 0.341 e. The Hall–Kier alpha value is -2.17. The summed E-state index contributed by atoms with van der Waals surface area (Å²) in [6, 6.07) is 4.44. The van der Waals surface area contributed by atoms with Crippen molar-refractivity contribution in [2.45, 2.75) is 37.7 Å². The van der Waals surface area contributed by atoms with Crippen molar-refractivity contribution in [3.63, 3.8) is 0 Å². The number of nitrogens with zero attached hydrogens (tertiary/aromatic N) is 3. The third-order valence-electron chi connectivity index (χ3n) is 6.05. The predicted molar refractivity (Wildman–Crippen MR) is 120 cm³/mol. The first-order chi connectivity index (χ1) is 15.1. The molecule has 0 N–H and O–H groups in total. The van der Waals surface area contributed by atoms with E-state index in [2.05, 4.69) is 6.92 Å². The van der Waals surface area contributed by atoms with Crippen molar-refractivity contribution < 1.29 is 27.5 Å². The van der Waals surface area contributed by atoms with E-state index < -0.39 is 22.1 Å². The highest BCUT2D eigenvalue weighted by atomic mass is 32.2. The van der Waals surface area contributed by atoms with Gasteiger partial charge in [0.05, 0.1) is 29.4 Å². The van der Waals surface area contributed by atoms with Crippen LogP contribution in [0.3, 0.4) is 0 Å². The number of anilines is 1. The topological polar surface area (TPSA) is 96.5 Å². The number of hydrogen-bond acceptors (Lipinski definition) is 7. The normalized spacial score (nSPS) is 19.2. The van der Waals surface area contributed by atoms with Gasteiger partial charge < -0.3 is 19.3 Å². The summed E-state index contributed by atoms with van der Waals surface area (Å²) in [4.78, 5) is 29.6. The molecule has 2 saturated heterocycles. The van der Waals surface area contributed by atoms with Gasteiger partial charge in [0.25, 0.3) is 5.91 Å². The molecule has 0 saturated carbocycles. The van der Waals surface area contributed by atoms with Crippen LogP contribution < -0.4 is 4.90 Å². The number of carbonyl (C=O) groups excluding carboxylic acids is 2. The maximum atomic E-state index is 13.1. The van der Waals surface area contributed by atoms with Gasteiger partial charge in [-0.2, -0.15) is 0 Å². The Balaban J connectivity index is 1.85. The van der Waals surface area contributed by atoms with Crippen LogP contribution in [0.1, 0.15) is 37.0 Å². The first-order valence-corrected chi connectivity index (χ1v) is 12.4. The quantitative estimate of drug-likeness (QED) is 0.586. The molecule has 32 heavy (non-hydrogen) atoms. The van der Waals surface area contributed by atoms with E-state index in [-0.39, 0.29) is 16.4 Å². The zero-order valence-corrected chi connectivity index (χ0v) is 20.1. The van der Waals surface area contributed by atoms with Crippen LogP contribution in [0.4, 0.5) is 5.69 Å². The number of rotatable bonds is 6. The Kier molecular flexibility index (Phi) is 7.79. The first-order valence-electron chi connectivity index (χ1n) is 11.0. The van der Waals surface area contributed by atoms with Crippen LogP contribution in [0.15, 0.2) is 23.1 Å². The fourth-order valence-electron chi connectivity index (χ4n) is 3.89. The number of carbonyl (C=O) groups is 2. The number of amides is 1. The Bertz CT molecular complexity index is 935. The highest BCUT2D eigenvalue weighted by Crippen LogP contribution is 2.27. The minimum atomic E-state index is -3.74. The van der Waals surface area contributed by atoms with E-state index in [1.807, 2.05) is 4.90 Å². The Morgan fingerprint density at radius 3 is 2.34 bits per heavy atom. The van der Waals surface area contributed by atoms with Gasteiger partial charge in [0, 0.05) is 40.3 Å². The van der Waals surface area contributed by atoms with Gasteiger partial charge >= 0.3 is 5.97 Å². The molecule has 2 fully saturated rings. The largest absolute Gasteiger partial charge is 0.449 e. The van der Waals surface area contributed by atoms with Gasteiger partial charge in [-0.25, -0.2) is 17.5 Å². The number of likely N-dealkylation sites (tertiary alicyclic amines) is 1. The minimum Gasteiger partial charge on any atom is -0.449 e. The molecule has 0 bridgehead atoms. The molecule has 9 nitrogen and oxygen atoms in total. The van der Waals surface area contributed by atoms with E-state index in [1.165, 1.54) is 26.2 Å². The van der Waals surface area contributed by atoms with Crippen LogP contribution in [0.25, 0.3) is 0 Å². The van der Waals surface area contributed by atoms with Crippen molar-refractivity contribution in [2.75, 3.05) is 58.4 Å². The molecule has 1 unspecified atom stereocenters. The van der Waals surface area contributed by atoms with Gasteiger partial charge in [-0.3, -0.25) is 4.79 Å². The zero-order valence-electron chi connectivity index (χ0n) is 19.2. The summed E-state index contributed by atoms with van der Waals surface area (Å²) in [6.45, 7) is 7.18. The third kappa shape index (κ3) is 5.41. The van der Waals surface area contributed by atoms with E-state index in [4.69, 9.17) is 9.47 Å². The minimum absolute atomic E-state index is 0.00421. The van der Waals surface area contributed by atoms with Crippen LogP contribution >= 0.6 is 0 Å². The molecule has 0 aromatic heterocycles. The lowest BCUT2D eigenvalue weighted by atomic mass is 9.99. The molecule has 1 aromatic rings. The van der Waals surface area contributed by atoms with Crippen molar-refractivity contribution in [1.29, 1.82) is 0 Å². The molecule has 1 atom stereocenters. The summed E-state index contributed by atoms with van der Waals surface area (Å²) >= 11 is 0. The third-order valence-corrected chi connectivity index (χ3v) is 7.86. The van der Waals surface area contributed by atoms with E-state index in [9.17, 15) is 18.0 Å². The van der Waals surface area contributed by atoms with Gasteiger partial charge in [-0.05, 0) is 43.9 Å². The molecule has 0 spiro atoms. The molecule has 1 aromatic carbocycles. The molecule has 178 valence electrons. The number of morpholine rings is 1. The number of benzene rings is 1. The van der Waals surface area contributed by atoms with Gasteiger partial charge in [-0.1, -0.05) is 6.92 Å². The van der Waals surface area contributed by atoms with Crippen molar-refractivity contribution in [2.24, 2.45) is 5.92 Å². The Labute approximate surface area is 190 Å². The molecule has 10 heteroatoms. The highest BCUT2D eigenvalue weighted by molar-refractivity contribution is 7.89. The van der Waals surface area contributed by atoms with Crippen LogP contribution in [-0.2, 0) is 24.3 Å². The van der Waals surface area contributed by atoms with Crippen LogP contribution in [0.5, 0.6) is 0 Å². The fourth-order valence-corrected chi connectivity index (χ4v) is 4.82. The van der Waals surface area contributed by atoms with Gasteiger partial charge in [0.1, 0.15) is 0 Å². The summed E-state index contributed by atoms with van der Waals surface area (Å²) < 4.78 is 37.3. The number of ether oxygens (including phenoxy) is 2. The van der Waals surface area contributed by atoms with Gasteiger partial charge in [0.15, 0.2) is 6.10 Å². The second-order valence-corrected chi connectivity index (χ2v) is 10.8. The number of hydrogen-bond donors (Lipinski definition) is 0. The van der Waals surface area contributed by atoms with E-state index >= 15 is 0 Å². The maximum absolute atomic E-state index is 13.1. The molecule has 2 aliphatic heterocycles. The number of esters is 1. The van der Waals surface area contributed by atoms with Crippen LogP contribution in [-0.4, -0.2) is 89.1 Å². The van der Waals surface area contributed by atoms with E-state index in [0.29, 0.717) is 51.0 Å². The molecule has 0 radical (unpaired) electrons. The van der Waals surface area contributed by atoms with Gasteiger partial charge in [0.2, 0.25) is 10.0 Å². The van der Waals surface area contributed by atoms with Crippen LogP contribution in [0, 0.1) is 5.92 Å². The fraction of sp³-hybridized carbons (Fsp3) is 0.636.